The van der Waals surface area contributed by atoms with E-state index in [4.69, 9.17) is 16.6 Å². The second-order valence-corrected chi connectivity index (χ2v) is 7.61. The summed E-state index contributed by atoms with van der Waals surface area (Å²) >= 11 is 5.92. The van der Waals surface area contributed by atoms with Gasteiger partial charge in [0.1, 0.15) is 11.6 Å². The molecule has 1 aromatic heterocycles. The van der Waals surface area contributed by atoms with Gasteiger partial charge in [-0.15, -0.1) is 0 Å². The van der Waals surface area contributed by atoms with Crippen LogP contribution in [0.5, 0.6) is 0 Å². The Morgan fingerprint density at radius 2 is 1.81 bits per heavy atom. The van der Waals surface area contributed by atoms with Crippen molar-refractivity contribution in [3.8, 4) is 0 Å². The van der Waals surface area contributed by atoms with Crippen molar-refractivity contribution in [3.05, 3.63) is 46.4 Å². The predicted molar refractivity (Wildman–Crippen MR) is 107 cm³/mol. The Bertz CT molecular complexity index is 833. The minimum Gasteiger partial charge on any atom is -0.356 e. The molecule has 0 spiro atoms. The number of hydrogen-bond acceptors (Lipinski definition) is 4. The Labute approximate surface area is 164 Å². The molecular formula is C20H24ClN5O. The van der Waals surface area contributed by atoms with E-state index in [-0.39, 0.29) is 6.03 Å². The van der Waals surface area contributed by atoms with Crippen molar-refractivity contribution in [1.29, 1.82) is 0 Å². The van der Waals surface area contributed by atoms with Gasteiger partial charge in [-0.25, -0.2) is 14.8 Å². The number of anilines is 2. The second-order valence-electron chi connectivity index (χ2n) is 7.18. The van der Waals surface area contributed by atoms with Gasteiger partial charge in [-0.2, -0.15) is 0 Å². The van der Waals surface area contributed by atoms with Crippen molar-refractivity contribution in [3.63, 3.8) is 0 Å². The molecule has 7 heteroatoms. The molecule has 1 aromatic carbocycles. The molecule has 2 amide bonds. The van der Waals surface area contributed by atoms with Crippen LogP contribution in [0.4, 0.5) is 16.3 Å². The van der Waals surface area contributed by atoms with Gasteiger partial charge >= 0.3 is 6.03 Å². The van der Waals surface area contributed by atoms with E-state index in [1.165, 1.54) is 19.3 Å². The van der Waals surface area contributed by atoms with Crippen LogP contribution < -0.4 is 10.2 Å². The zero-order chi connectivity index (χ0) is 18.8. The van der Waals surface area contributed by atoms with Crippen LogP contribution >= 0.6 is 11.6 Å². The van der Waals surface area contributed by atoms with Crippen molar-refractivity contribution in [2.45, 2.75) is 39.2 Å². The molecule has 1 N–H and O–H groups in total. The smallest absolute Gasteiger partial charge is 0.322 e. The van der Waals surface area contributed by atoms with Crippen LogP contribution in [0.25, 0.3) is 0 Å². The number of benzene rings is 1. The lowest BCUT2D eigenvalue weighted by Crippen LogP contribution is -2.41. The number of carbonyl (C=O) groups excluding carboxylic acids is 1. The highest BCUT2D eigenvalue weighted by atomic mass is 35.5. The van der Waals surface area contributed by atoms with Crippen LogP contribution in [0.2, 0.25) is 5.02 Å². The predicted octanol–water partition coefficient (Wildman–Crippen LogP) is 4.02. The first-order chi connectivity index (χ1) is 13.1. The lowest BCUT2D eigenvalue weighted by Gasteiger charge is -2.34. The summed E-state index contributed by atoms with van der Waals surface area (Å²) in [6.07, 6.45) is 4.42. The van der Waals surface area contributed by atoms with E-state index < -0.39 is 0 Å². The molecule has 3 heterocycles. The quantitative estimate of drug-likeness (QED) is 0.848. The highest BCUT2D eigenvalue weighted by molar-refractivity contribution is 6.30. The maximum absolute atomic E-state index is 12.7. The third-order valence-corrected chi connectivity index (χ3v) is 5.44. The summed E-state index contributed by atoms with van der Waals surface area (Å²) in [5.41, 5.74) is 2.92. The zero-order valence-corrected chi connectivity index (χ0v) is 16.3. The number of halogens is 1. The summed E-state index contributed by atoms with van der Waals surface area (Å²) in [5, 5.41) is 3.61. The average Bonchev–Trinajstić information content (AvgIpc) is 2.69. The number of piperidine rings is 1. The van der Waals surface area contributed by atoms with Crippen molar-refractivity contribution in [1.82, 2.24) is 14.9 Å². The molecule has 142 valence electrons. The Morgan fingerprint density at radius 1 is 1.07 bits per heavy atom. The molecule has 1 saturated heterocycles. The number of aromatic nitrogens is 2. The van der Waals surface area contributed by atoms with Gasteiger partial charge in [-0.05, 0) is 50.5 Å². The molecular weight excluding hydrogens is 362 g/mol. The zero-order valence-electron chi connectivity index (χ0n) is 15.5. The highest BCUT2D eigenvalue weighted by Gasteiger charge is 2.27. The first-order valence-corrected chi connectivity index (χ1v) is 9.91. The largest absolute Gasteiger partial charge is 0.356 e. The summed E-state index contributed by atoms with van der Waals surface area (Å²) in [5.74, 6) is 1.83. The first-order valence-electron chi connectivity index (χ1n) is 9.53. The third-order valence-electron chi connectivity index (χ3n) is 5.19. The first kappa shape index (κ1) is 18.0. The lowest BCUT2D eigenvalue weighted by molar-refractivity contribution is 0.206. The SMILES string of the molecule is Cc1nc2c(c(N3CCCCC3)n1)CN(C(=O)Nc1ccc(Cl)cc1)CC2. The molecule has 2 aliphatic heterocycles. The molecule has 0 radical (unpaired) electrons. The fourth-order valence-electron chi connectivity index (χ4n) is 3.79. The van der Waals surface area contributed by atoms with Crippen LogP contribution in [-0.4, -0.2) is 40.5 Å². The summed E-state index contributed by atoms with van der Waals surface area (Å²) in [7, 11) is 0. The molecule has 6 nitrogen and oxygen atoms in total. The second kappa shape index (κ2) is 7.72. The van der Waals surface area contributed by atoms with Gasteiger partial charge in [-0.3, -0.25) is 0 Å². The van der Waals surface area contributed by atoms with E-state index in [0.29, 0.717) is 18.1 Å². The molecule has 0 unspecified atom stereocenters. The van der Waals surface area contributed by atoms with Crippen molar-refractivity contribution in [2.24, 2.45) is 0 Å². The molecule has 2 aliphatic rings. The average molecular weight is 386 g/mol. The van der Waals surface area contributed by atoms with Crippen LogP contribution in [0.3, 0.4) is 0 Å². The number of carbonyl (C=O) groups is 1. The van der Waals surface area contributed by atoms with Gasteiger partial charge < -0.3 is 15.1 Å². The number of rotatable bonds is 2. The highest BCUT2D eigenvalue weighted by Crippen LogP contribution is 2.29. The van der Waals surface area contributed by atoms with Gasteiger partial charge in [0.25, 0.3) is 0 Å². The van der Waals surface area contributed by atoms with Gasteiger partial charge in [0.15, 0.2) is 0 Å². The molecule has 0 bridgehead atoms. The molecule has 0 saturated carbocycles. The summed E-state index contributed by atoms with van der Waals surface area (Å²) in [4.78, 5) is 26.3. The molecule has 4 rings (SSSR count). The third kappa shape index (κ3) is 4.00. The number of urea groups is 1. The molecule has 2 aromatic rings. The van der Waals surface area contributed by atoms with E-state index in [2.05, 4.69) is 15.2 Å². The van der Waals surface area contributed by atoms with E-state index in [0.717, 1.165) is 48.1 Å². The lowest BCUT2D eigenvalue weighted by atomic mass is 10.0. The number of hydrogen-bond donors (Lipinski definition) is 1. The Hall–Kier alpha value is -2.34. The summed E-state index contributed by atoms with van der Waals surface area (Å²) in [6.45, 7) is 5.20. The Kier molecular flexibility index (Phi) is 5.16. The normalized spacial score (nSPS) is 16.8. The maximum Gasteiger partial charge on any atom is 0.322 e. The fraction of sp³-hybridized carbons (Fsp3) is 0.450. The summed E-state index contributed by atoms with van der Waals surface area (Å²) in [6, 6.07) is 7.06. The van der Waals surface area contributed by atoms with Crippen molar-refractivity contribution < 1.29 is 4.79 Å². The number of aryl methyl sites for hydroxylation is 1. The van der Waals surface area contributed by atoms with E-state index in [1.807, 2.05) is 24.0 Å². The van der Waals surface area contributed by atoms with Crippen LogP contribution in [0.1, 0.15) is 36.3 Å². The van der Waals surface area contributed by atoms with Crippen LogP contribution in [0, 0.1) is 6.92 Å². The molecule has 0 atom stereocenters. The Morgan fingerprint density at radius 3 is 2.56 bits per heavy atom. The Balaban J connectivity index is 1.54. The number of nitrogens with zero attached hydrogens (tertiary/aromatic N) is 4. The van der Waals surface area contributed by atoms with E-state index in [9.17, 15) is 4.79 Å². The fourth-order valence-corrected chi connectivity index (χ4v) is 3.92. The summed E-state index contributed by atoms with van der Waals surface area (Å²) < 4.78 is 0. The number of amides is 2. The topological polar surface area (TPSA) is 61.4 Å². The molecule has 1 fully saturated rings. The van der Waals surface area contributed by atoms with Crippen molar-refractivity contribution in [2.75, 3.05) is 29.9 Å². The molecule has 0 aliphatic carbocycles. The monoisotopic (exact) mass is 385 g/mol. The van der Waals surface area contributed by atoms with Crippen LogP contribution in [-0.2, 0) is 13.0 Å². The molecule has 27 heavy (non-hydrogen) atoms. The van der Waals surface area contributed by atoms with Gasteiger partial charge in [-0.1, -0.05) is 11.6 Å². The van der Waals surface area contributed by atoms with Crippen molar-refractivity contribution >= 4 is 29.1 Å². The number of nitrogens with one attached hydrogen (secondary N) is 1. The standard InChI is InChI=1S/C20H24ClN5O/c1-14-22-18-9-12-26(20(27)24-16-7-5-15(21)6-8-16)13-17(18)19(23-14)25-10-3-2-4-11-25/h5-8H,2-4,9-13H2,1H3,(H,24,27). The van der Waals surface area contributed by atoms with E-state index >= 15 is 0 Å². The van der Waals surface area contributed by atoms with Crippen LogP contribution in [0.15, 0.2) is 24.3 Å². The maximum atomic E-state index is 12.7. The minimum atomic E-state index is -0.104. The van der Waals surface area contributed by atoms with Gasteiger partial charge in [0.05, 0.1) is 12.2 Å². The van der Waals surface area contributed by atoms with E-state index in [1.54, 1.807) is 12.1 Å². The number of fused-ring (bicyclic) bond motifs is 1. The van der Waals surface area contributed by atoms with Gasteiger partial charge in [0, 0.05) is 42.3 Å². The van der Waals surface area contributed by atoms with Gasteiger partial charge in [0.2, 0.25) is 0 Å². The minimum absolute atomic E-state index is 0.104.